The number of carbonyl (C=O) groups is 1. The van der Waals surface area contributed by atoms with E-state index >= 15 is 0 Å². The van der Waals surface area contributed by atoms with Crippen LogP contribution in [0.4, 0.5) is 5.82 Å². The number of anilines is 1. The number of benzene rings is 1. The summed E-state index contributed by atoms with van der Waals surface area (Å²) in [7, 11) is 1.66. The number of rotatable bonds is 10. The van der Waals surface area contributed by atoms with Crippen molar-refractivity contribution in [3.63, 3.8) is 0 Å². The number of ether oxygens (including phenoxy) is 1. The van der Waals surface area contributed by atoms with Gasteiger partial charge in [-0.1, -0.05) is 42.1 Å². The summed E-state index contributed by atoms with van der Waals surface area (Å²) in [5.74, 6) is 0.587. The first kappa shape index (κ1) is 23.6. The Balaban J connectivity index is 1.66. The summed E-state index contributed by atoms with van der Waals surface area (Å²) in [5, 5.41) is 13.3. The maximum atomic E-state index is 12.7. The highest BCUT2D eigenvalue weighted by Gasteiger charge is 2.20. The SMILES string of the molecule is COCCCn1c(C)c(C)c(C#N)c1NC(=O)CSc1nc(Cc2ccccc2)c(C)[nH]1. The number of methoxy groups -OCH3 is 1. The summed E-state index contributed by atoms with van der Waals surface area (Å²) in [6, 6.07) is 12.4. The van der Waals surface area contributed by atoms with E-state index in [0.717, 1.165) is 35.5 Å². The van der Waals surface area contributed by atoms with Crippen LogP contribution in [0.2, 0.25) is 0 Å². The molecule has 0 aliphatic carbocycles. The van der Waals surface area contributed by atoms with Gasteiger partial charge in [0.1, 0.15) is 11.9 Å². The average molecular weight is 452 g/mol. The molecule has 2 N–H and O–H groups in total. The van der Waals surface area contributed by atoms with Crippen molar-refractivity contribution in [3.05, 3.63) is 64.1 Å². The number of carbonyl (C=O) groups excluding carboxylic acids is 1. The molecule has 0 saturated heterocycles. The van der Waals surface area contributed by atoms with Gasteiger partial charge in [-0.3, -0.25) is 4.79 Å². The molecular weight excluding hydrogens is 422 g/mol. The van der Waals surface area contributed by atoms with E-state index in [9.17, 15) is 10.1 Å². The van der Waals surface area contributed by atoms with Gasteiger partial charge in [0.15, 0.2) is 5.16 Å². The molecule has 3 aromatic rings. The molecule has 1 aromatic carbocycles. The third-order valence-corrected chi connectivity index (χ3v) is 6.32. The molecule has 8 heteroatoms. The molecule has 1 amide bonds. The van der Waals surface area contributed by atoms with Crippen LogP contribution in [0.15, 0.2) is 35.5 Å². The molecule has 2 heterocycles. The number of hydrogen-bond acceptors (Lipinski definition) is 5. The van der Waals surface area contributed by atoms with Crippen LogP contribution >= 0.6 is 11.8 Å². The van der Waals surface area contributed by atoms with Crippen molar-refractivity contribution in [1.29, 1.82) is 5.26 Å². The number of nitriles is 1. The number of imidazole rings is 1. The highest BCUT2D eigenvalue weighted by molar-refractivity contribution is 7.99. The molecule has 0 unspecified atom stereocenters. The maximum Gasteiger partial charge on any atom is 0.235 e. The van der Waals surface area contributed by atoms with Gasteiger partial charge < -0.3 is 19.6 Å². The maximum absolute atomic E-state index is 12.7. The fraction of sp³-hybridized carbons (Fsp3) is 0.375. The van der Waals surface area contributed by atoms with E-state index in [1.54, 1.807) is 7.11 Å². The Hall–Kier alpha value is -3.02. The van der Waals surface area contributed by atoms with Crippen molar-refractivity contribution in [2.24, 2.45) is 0 Å². The second kappa shape index (κ2) is 11.0. The fourth-order valence-corrected chi connectivity index (χ4v) is 4.32. The molecule has 0 atom stereocenters. The van der Waals surface area contributed by atoms with Gasteiger partial charge in [-0.2, -0.15) is 5.26 Å². The molecule has 32 heavy (non-hydrogen) atoms. The highest BCUT2D eigenvalue weighted by Crippen LogP contribution is 2.27. The van der Waals surface area contributed by atoms with E-state index < -0.39 is 0 Å². The van der Waals surface area contributed by atoms with Crippen LogP contribution in [0.1, 0.15) is 40.2 Å². The van der Waals surface area contributed by atoms with Crippen LogP contribution in [-0.4, -0.2) is 39.9 Å². The smallest absolute Gasteiger partial charge is 0.235 e. The Morgan fingerprint density at radius 3 is 2.72 bits per heavy atom. The predicted molar refractivity (Wildman–Crippen MR) is 127 cm³/mol. The normalized spacial score (nSPS) is 10.8. The van der Waals surface area contributed by atoms with E-state index in [1.807, 2.05) is 43.5 Å². The predicted octanol–water partition coefficient (Wildman–Crippen LogP) is 4.37. The Kier molecular flexibility index (Phi) is 8.14. The van der Waals surface area contributed by atoms with Crippen LogP contribution in [0, 0.1) is 32.1 Å². The van der Waals surface area contributed by atoms with Gasteiger partial charge >= 0.3 is 0 Å². The molecule has 0 aliphatic heterocycles. The molecule has 0 fully saturated rings. The van der Waals surface area contributed by atoms with Crippen molar-refractivity contribution in [3.8, 4) is 6.07 Å². The van der Waals surface area contributed by atoms with Gasteiger partial charge in [0.25, 0.3) is 0 Å². The zero-order valence-electron chi connectivity index (χ0n) is 19.0. The van der Waals surface area contributed by atoms with Crippen molar-refractivity contribution in [2.45, 2.75) is 45.3 Å². The molecule has 7 nitrogen and oxygen atoms in total. The number of H-pyrrole nitrogens is 1. The second-order valence-corrected chi connectivity index (χ2v) is 8.62. The van der Waals surface area contributed by atoms with Gasteiger partial charge in [-0.15, -0.1) is 0 Å². The zero-order chi connectivity index (χ0) is 23.1. The van der Waals surface area contributed by atoms with Crippen LogP contribution < -0.4 is 5.32 Å². The summed E-state index contributed by atoms with van der Waals surface area (Å²) < 4.78 is 7.14. The molecule has 0 saturated carbocycles. The molecule has 2 aromatic heterocycles. The van der Waals surface area contributed by atoms with Crippen molar-refractivity contribution in [2.75, 3.05) is 24.8 Å². The topological polar surface area (TPSA) is 95.7 Å². The lowest BCUT2D eigenvalue weighted by Gasteiger charge is -2.12. The summed E-state index contributed by atoms with van der Waals surface area (Å²) >= 11 is 1.35. The summed E-state index contributed by atoms with van der Waals surface area (Å²) in [6.45, 7) is 7.15. The number of aromatic amines is 1. The minimum absolute atomic E-state index is 0.171. The first-order valence-electron chi connectivity index (χ1n) is 10.5. The van der Waals surface area contributed by atoms with Crippen LogP contribution in [0.25, 0.3) is 0 Å². The standard InChI is InChI=1S/C24H29N5O2S/c1-16-18(3)29(11-8-12-31-4)23(20(16)14-25)28-22(30)15-32-24-26-17(2)21(27-24)13-19-9-6-5-7-10-19/h5-7,9-10H,8,11-13,15H2,1-4H3,(H,26,27)(H,28,30). The molecular formula is C24H29N5O2S. The van der Waals surface area contributed by atoms with Crippen molar-refractivity contribution < 1.29 is 9.53 Å². The summed E-state index contributed by atoms with van der Waals surface area (Å²) in [5.41, 5.74) is 5.55. The third-order valence-electron chi connectivity index (χ3n) is 5.45. The fourth-order valence-electron chi connectivity index (χ4n) is 3.58. The quantitative estimate of drug-likeness (QED) is 0.353. The van der Waals surface area contributed by atoms with Crippen molar-refractivity contribution >= 4 is 23.5 Å². The lowest BCUT2D eigenvalue weighted by Crippen LogP contribution is -2.18. The first-order valence-corrected chi connectivity index (χ1v) is 11.5. The molecule has 0 spiro atoms. The minimum atomic E-state index is -0.171. The Labute approximate surface area is 193 Å². The van der Waals surface area contributed by atoms with E-state index in [4.69, 9.17) is 4.74 Å². The zero-order valence-corrected chi connectivity index (χ0v) is 19.8. The average Bonchev–Trinajstić information content (AvgIpc) is 3.24. The number of hydrogen-bond donors (Lipinski definition) is 2. The lowest BCUT2D eigenvalue weighted by molar-refractivity contribution is -0.113. The molecule has 168 valence electrons. The number of aryl methyl sites for hydroxylation is 1. The number of aromatic nitrogens is 3. The highest BCUT2D eigenvalue weighted by atomic mass is 32.2. The van der Waals surface area contributed by atoms with Gasteiger partial charge in [-0.25, -0.2) is 4.98 Å². The molecule has 3 rings (SSSR count). The second-order valence-electron chi connectivity index (χ2n) is 7.66. The van der Waals surface area contributed by atoms with Crippen LogP contribution in [0.3, 0.4) is 0 Å². The van der Waals surface area contributed by atoms with Crippen LogP contribution in [-0.2, 0) is 22.5 Å². The Morgan fingerprint density at radius 1 is 1.28 bits per heavy atom. The van der Waals surface area contributed by atoms with E-state index in [2.05, 4.69) is 33.5 Å². The number of thioether (sulfide) groups is 1. The van der Waals surface area contributed by atoms with Crippen LogP contribution in [0.5, 0.6) is 0 Å². The minimum Gasteiger partial charge on any atom is -0.385 e. The third kappa shape index (κ3) is 5.61. The monoisotopic (exact) mass is 451 g/mol. The first-order chi connectivity index (χ1) is 15.4. The van der Waals surface area contributed by atoms with Gasteiger partial charge in [0.05, 0.1) is 17.0 Å². The Morgan fingerprint density at radius 2 is 2.03 bits per heavy atom. The number of nitrogens with one attached hydrogen (secondary N) is 2. The number of amides is 1. The van der Waals surface area contributed by atoms with Gasteiger partial charge in [0, 0.05) is 38.1 Å². The van der Waals surface area contributed by atoms with Gasteiger partial charge in [0.2, 0.25) is 5.91 Å². The van der Waals surface area contributed by atoms with Gasteiger partial charge in [-0.05, 0) is 38.3 Å². The Bertz CT molecular complexity index is 1110. The molecule has 0 radical (unpaired) electrons. The van der Waals surface area contributed by atoms with E-state index in [1.165, 1.54) is 17.3 Å². The molecule has 0 aliphatic rings. The molecule has 0 bridgehead atoms. The number of nitrogens with zero attached hydrogens (tertiary/aromatic N) is 3. The summed E-state index contributed by atoms with van der Waals surface area (Å²) in [4.78, 5) is 20.6. The van der Waals surface area contributed by atoms with Crippen molar-refractivity contribution in [1.82, 2.24) is 14.5 Å². The van der Waals surface area contributed by atoms with E-state index in [0.29, 0.717) is 29.7 Å². The largest absolute Gasteiger partial charge is 0.385 e. The lowest BCUT2D eigenvalue weighted by atomic mass is 10.1. The summed E-state index contributed by atoms with van der Waals surface area (Å²) in [6.07, 6.45) is 1.54. The van der Waals surface area contributed by atoms with E-state index in [-0.39, 0.29) is 11.7 Å².